The van der Waals surface area contributed by atoms with Crippen LogP contribution in [0.3, 0.4) is 0 Å². The molecule has 0 saturated carbocycles. The van der Waals surface area contributed by atoms with Crippen LogP contribution in [0.5, 0.6) is 0 Å². The fraction of sp³-hybridized carbons (Fsp3) is 1.00. The Morgan fingerprint density at radius 3 is 0.571 bits per heavy atom. The molecule has 0 aromatic rings. The predicted molar refractivity (Wildman–Crippen MR) is 87.4 cm³/mol. The Bertz CT molecular complexity index is 108. The van der Waals surface area contributed by atoms with E-state index in [2.05, 4.69) is 26.6 Å². The summed E-state index contributed by atoms with van der Waals surface area (Å²) in [5, 5.41) is 17.5. The van der Waals surface area contributed by atoms with Gasteiger partial charge < -0.3 is 26.6 Å². The molecule has 1 aliphatic heterocycles. The fourth-order valence-corrected chi connectivity index (χ4v) is 2.32. The van der Waals surface area contributed by atoms with Crippen molar-refractivity contribution in [1.29, 1.82) is 0 Å². The van der Waals surface area contributed by atoms with Gasteiger partial charge in [-0.15, -0.1) is 0 Å². The average molecular weight is 437 g/mol. The van der Waals surface area contributed by atoms with Crippen LogP contribution >= 0.6 is 0 Å². The molecule has 0 bridgehead atoms. The van der Waals surface area contributed by atoms with Gasteiger partial charge in [-0.1, -0.05) is 0 Å². The molecule has 1 radical (unpaired) electrons. The van der Waals surface area contributed by atoms with E-state index in [9.17, 15) is 0 Å². The first-order valence-corrected chi connectivity index (χ1v) is 8.54. The molecule has 1 saturated heterocycles. The van der Waals surface area contributed by atoms with Gasteiger partial charge in [-0.25, -0.2) is 0 Å². The van der Waals surface area contributed by atoms with E-state index >= 15 is 0 Å². The molecular formula is C15H35EuN5+2. The van der Waals surface area contributed by atoms with Crippen LogP contribution in [0.2, 0.25) is 0 Å². The van der Waals surface area contributed by atoms with Crippen LogP contribution < -0.4 is 26.6 Å². The normalized spacial score (nSPS) is 22.9. The molecule has 0 atom stereocenters. The summed E-state index contributed by atoms with van der Waals surface area (Å²) in [7, 11) is 0. The van der Waals surface area contributed by atoms with Gasteiger partial charge in [0.15, 0.2) is 0 Å². The first-order chi connectivity index (χ1) is 10.0. The van der Waals surface area contributed by atoms with Crippen molar-refractivity contribution in [3.63, 3.8) is 0 Å². The molecule has 1 aliphatic rings. The molecule has 0 amide bonds. The van der Waals surface area contributed by atoms with Gasteiger partial charge in [0.1, 0.15) is 0 Å². The molecule has 1 fully saturated rings. The van der Waals surface area contributed by atoms with Crippen LogP contribution in [0.15, 0.2) is 0 Å². The number of hydrogen-bond donors (Lipinski definition) is 5. The fourth-order valence-electron chi connectivity index (χ4n) is 2.32. The number of nitrogens with one attached hydrogen (secondary N) is 5. The molecule has 125 valence electrons. The Hall–Kier alpha value is 1.38. The summed E-state index contributed by atoms with van der Waals surface area (Å²) in [6.07, 6.45) is 6.14. The van der Waals surface area contributed by atoms with Gasteiger partial charge in [0, 0.05) is 0 Å². The Labute approximate surface area is 172 Å². The monoisotopic (exact) mass is 438 g/mol. The second-order valence-corrected chi connectivity index (χ2v) is 5.52. The van der Waals surface area contributed by atoms with Crippen molar-refractivity contribution in [2.75, 3.05) is 65.4 Å². The number of rotatable bonds is 0. The van der Waals surface area contributed by atoms with E-state index in [1.54, 1.807) is 0 Å². The first kappa shape index (κ1) is 22.4. The van der Waals surface area contributed by atoms with Crippen LogP contribution in [-0.4, -0.2) is 65.4 Å². The van der Waals surface area contributed by atoms with Gasteiger partial charge in [0.2, 0.25) is 0 Å². The summed E-state index contributed by atoms with van der Waals surface area (Å²) in [5.74, 6) is 0. The van der Waals surface area contributed by atoms with E-state index in [1.165, 1.54) is 32.1 Å². The van der Waals surface area contributed by atoms with E-state index in [0.717, 1.165) is 65.4 Å². The maximum absolute atomic E-state index is 3.50. The maximum atomic E-state index is 3.50. The van der Waals surface area contributed by atoms with Crippen molar-refractivity contribution >= 4 is 0 Å². The summed E-state index contributed by atoms with van der Waals surface area (Å²) in [5.41, 5.74) is 0. The topological polar surface area (TPSA) is 60.1 Å². The summed E-state index contributed by atoms with van der Waals surface area (Å²) in [4.78, 5) is 0. The average Bonchev–Trinajstić information content (AvgIpc) is 2.46. The van der Waals surface area contributed by atoms with Crippen LogP contribution in [0.1, 0.15) is 32.1 Å². The van der Waals surface area contributed by atoms with Crippen molar-refractivity contribution in [3.8, 4) is 0 Å². The van der Waals surface area contributed by atoms with Crippen molar-refractivity contribution < 1.29 is 49.4 Å². The Balaban J connectivity index is 0.00000400. The number of hydrogen-bond acceptors (Lipinski definition) is 5. The van der Waals surface area contributed by atoms with E-state index in [-0.39, 0.29) is 49.4 Å². The summed E-state index contributed by atoms with van der Waals surface area (Å²) >= 11 is 0. The molecular weight excluding hydrogens is 402 g/mol. The Morgan fingerprint density at radius 2 is 0.429 bits per heavy atom. The van der Waals surface area contributed by atoms with Gasteiger partial charge in [0.05, 0.1) is 0 Å². The third-order valence-corrected chi connectivity index (χ3v) is 3.54. The SMILES string of the molecule is C1CNCCCNCCCNCCCNCCCNC1.[Eu+2]. The summed E-state index contributed by atoms with van der Waals surface area (Å²) in [6.45, 7) is 11.3. The molecule has 6 heteroatoms. The minimum absolute atomic E-state index is 0. The molecule has 5 N–H and O–H groups in total. The summed E-state index contributed by atoms with van der Waals surface area (Å²) < 4.78 is 0. The standard InChI is InChI=1S/C15H35N5.Eu/c1-6-16-8-2-10-18-12-4-14-20-15-5-13-19-11-3-9-17-7-1;/h16-20H,1-15H2;/q;+2. The zero-order valence-corrected chi connectivity index (χ0v) is 15.9. The second-order valence-electron chi connectivity index (χ2n) is 5.52. The zero-order chi connectivity index (χ0) is 14.1. The summed E-state index contributed by atoms with van der Waals surface area (Å²) in [6, 6.07) is 0. The molecule has 1 rings (SSSR count). The second kappa shape index (κ2) is 19.4. The van der Waals surface area contributed by atoms with Crippen LogP contribution in [0.25, 0.3) is 0 Å². The van der Waals surface area contributed by atoms with Crippen LogP contribution in [0, 0.1) is 49.4 Å². The van der Waals surface area contributed by atoms with Crippen molar-refractivity contribution in [3.05, 3.63) is 0 Å². The van der Waals surface area contributed by atoms with E-state index < -0.39 is 0 Å². The third-order valence-electron chi connectivity index (χ3n) is 3.54. The Kier molecular flexibility index (Phi) is 20.7. The maximum Gasteiger partial charge on any atom is 2.00 e. The largest absolute Gasteiger partial charge is 2.00 e. The molecule has 5 nitrogen and oxygen atoms in total. The van der Waals surface area contributed by atoms with Crippen molar-refractivity contribution in [1.82, 2.24) is 26.6 Å². The molecule has 0 aliphatic carbocycles. The van der Waals surface area contributed by atoms with E-state index in [0.29, 0.717) is 0 Å². The first-order valence-electron chi connectivity index (χ1n) is 8.54. The van der Waals surface area contributed by atoms with Gasteiger partial charge in [-0.3, -0.25) is 0 Å². The quantitative estimate of drug-likeness (QED) is 0.367. The zero-order valence-electron chi connectivity index (χ0n) is 13.5. The third kappa shape index (κ3) is 17.6. The minimum Gasteiger partial charge on any atom is -0.317 e. The molecule has 0 unspecified atom stereocenters. The smallest absolute Gasteiger partial charge is 0.317 e. The predicted octanol–water partition coefficient (Wildman–Crippen LogP) is -0.101. The van der Waals surface area contributed by atoms with Crippen molar-refractivity contribution in [2.24, 2.45) is 0 Å². The Morgan fingerprint density at radius 1 is 0.286 bits per heavy atom. The molecule has 21 heavy (non-hydrogen) atoms. The van der Waals surface area contributed by atoms with Gasteiger partial charge in [0.25, 0.3) is 0 Å². The molecule has 0 aromatic heterocycles. The molecule has 0 aromatic carbocycles. The van der Waals surface area contributed by atoms with Gasteiger partial charge >= 0.3 is 49.4 Å². The van der Waals surface area contributed by atoms with Gasteiger partial charge in [-0.2, -0.15) is 0 Å². The van der Waals surface area contributed by atoms with Crippen LogP contribution in [-0.2, 0) is 0 Å². The van der Waals surface area contributed by atoms with Gasteiger partial charge in [-0.05, 0) is 97.6 Å². The van der Waals surface area contributed by atoms with Crippen LogP contribution in [0.4, 0.5) is 0 Å². The molecule has 0 spiro atoms. The minimum atomic E-state index is 0. The van der Waals surface area contributed by atoms with E-state index in [1.807, 2.05) is 0 Å². The van der Waals surface area contributed by atoms with E-state index in [4.69, 9.17) is 0 Å². The van der Waals surface area contributed by atoms with Crippen molar-refractivity contribution in [2.45, 2.75) is 32.1 Å². The molecule has 1 heterocycles.